The number of hydrogen-bond acceptors (Lipinski definition) is 6. The maximum absolute atomic E-state index is 14.0. The minimum absolute atomic E-state index is 0.0623. The van der Waals surface area contributed by atoms with Crippen LogP contribution in [0, 0.1) is 5.41 Å². The third-order valence-electron chi connectivity index (χ3n) is 7.26. The molecular weight excluding hydrogens is 587 g/mol. The summed E-state index contributed by atoms with van der Waals surface area (Å²) in [5, 5.41) is 0.728. The molecule has 1 fully saturated rings. The van der Waals surface area contributed by atoms with Gasteiger partial charge in [0.1, 0.15) is 22.1 Å². The Morgan fingerprint density at radius 3 is 2.34 bits per heavy atom. The van der Waals surface area contributed by atoms with E-state index in [0.717, 1.165) is 5.56 Å². The summed E-state index contributed by atoms with van der Waals surface area (Å²) in [7, 11) is 0.546. The van der Waals surface area contributed by atoms with Crippen LogP contribution < -0.4 is 14.2 Å². The Morgan fingerprint density at radius 1 is 1.00 bits per heavy atom. The number of ether oxygens (including phenoxy) is 3. The van der Waals surface area contributed by atoms with Gasteiger partial charge >= 0.3 is 0 Å². The van der Waals surface area contributed by atoms with Crippen LogP contribution in [-0.4, -0.2) is 64.5 Å². The average Bonchev–Trinajstić information content (AvgIpc) is 2.97. The quantitative estimate of drug-likeness (QED) is 0.265. The van der Waals surface area contributed by atoms with E-state index in [1.807, 2.05) is 30.3 Å². The number of sulfonamides is 1. The monoisotopic (exact) mass is 620 g/mol. The van der Waals surface area contributed by atoms with Crippen molar-refractivity contribution >= 4 is 39.1 Å². The first-order valence-electron chi connectivity index (χ1n) is 13.1. The van der Waals surface area contributed by atoms with E-state index in [1.54, 1.807) is 36.2 Å². The molecule has 0 N–H and O–H groups in total. The van der Waals surface area contributed by atoms with Gasteiger partial charge in [-0.15, -0.1) is 0 Å². The van der Waals surface area contributed by atoms with Gasteiger partial charge in [0.05, 0.1) is 25.8 Å². The van der Waals surface area contributed by atoms with E-state index in [2.05, 4.69) is 0 Å². The minimum Gasteiger partial charge on any atom is -0.495 e. The maximum atomic E-state index is 14.0. The number of rotatable bonds is 11. The molecule has 8 nitrogen and oxygen atoms in total. The number of halogens is 2. The van der Waals surface area contributed by atoms with Gasteiger partial charge in [0, 0.05) is 49.6 Å². The van der Waals surface area contributed by atoms with Crippen molar-refractivity contribution in [1.82, 2.24) is 9.21 Å². The number of amides is 1. The zero-order valence-electron chi connectivity index (χ0n) is 23.3. The molecule has 1 aliphatic rings. The molecule has 0 aliphatic carbocycles. The molecule has 0 aromatic heterocycles. The molecule has 1 amide bonds. The first-order chi connectivity index (χ1) is 19.6. The van der Waals surface area contributed by atoms with E-state index in [0.29, 0.717) is 35.9 Å². The van der Waals surface area contributed by atoms with Crippen molar-refractivity contribution in [3.05, 3.63) is 82.3 Å². The Bertz CT molecular complexity index is 1450. The topological polar surface area (TPSA) is 85.4 Å². The van der Waals surface area contributed by atoms with E-state index in [4.69, 9.17) is 37.4 Å². The van der Waals surface area contributed by atoms with Crippen LogP contribution in [0.3, 0.4) is 0 Å². The molecule has 1 atom stereocenters. The van der Waals surface area contributed by atoms with Crippen LogP contribution in [0.15, 0.2) is 71.6 Å². The molecule has 0 spiro atoms. The van der Waals surface area contributed by atoms with Crippen LogP contribution in [0.4, 0.5) is 0 Å². The lowest BCUT2D eigenvalue weighted by Gasteiger charge is -2.42. The van der Waals surface area contributed by atoms with Gasteiger partial charge in [-0.2, -0.15) is 4.31 Å². The number of benzene rings is 3. The number of carbonyl (C=O) groups is 1. The highest BCUT2D eigenvalue weighted by atomic mass is 35.5. The van der Waals surface area contributed by atoms with Gasteiger partial charge in [-0.05, 0) is 48.7 Å². The summed E-state index contributed by atoms with van der Waals surface area (Å²) >= 11 is 12.3. The van der Waals surface area contributed by atoms with E-state index in [-0.39, 0.29) is 47.7 Å². The lowest BCUT2D eigenvalue weighted by atomic mass is 9.78. The van der Waals surface area contributed by atoms with E-state index in [1.165, 1.54) is 30.7 Å². The fourth-order valence-electron chi connectivity index (χ4n) is 5.02. The average molecular weight is 622 g/mol. The third-order valence-corrected chi connectivity index (χ3v) is 9.67. The molecule has 1 heterocycles. The zero-order chi connectivity index (χ0) is 29.6. The predicted octanol–water partition coefficient (Wildman–Crippen LogP) is 5.91. The normalized spacial score (nSPS) is 17.6. The first kappa shape index (κ1) is 31.0. The molecule has 0 unspecified atom stereocenters. The lowest BCUT2D eigenvalue weighted by Crippen LogP contribution is -2.50. The van der Waals surface area contributed by atoms with Gasteiger partial charge in [-0.25, -0.2) is 8.42 Å². The Kier molecular flexibility index (Phi) is 10.1. The summed E-state index contributed by atoms with van der Waals surface area (Å²) in [5.74, 6) is 0.915. The van der Waals surface area contributed by atoms with Crippen molar-refractivity contribution in [1.29, 1.82) is 0 Å². The van der Waals surface area contributed by atoms with Crippen LogP contribution in [0.1, 0.15) is 24.8 Å². The second-order valence-corrected chi connectivity index (χ2v) is 13.0. The summed E-state index contributed by atoms with van der Waals surface area (Å²) in [6.45, 7) is 0.954. The molecular formula is C30H34Cl2N2O6S. The Morgan fingerprint density at radius 2 is 1.68 bits per heavy atom. The molecule has 3 aromatic rings. The number of piperidine rings is 1. The molecule has 0 radical (unpaired) electrons. The van der Waals surface area contributed by atoms with Gasteiger partial charge in [0.2, 0.25) is 15.9 Å². The van der Waals surface area contributed by atoms with Crippen LogP contribution in [0.2, 0.25) is 10.0 Å². The Balaban J connectivity index is 1.63. The minimum atomic E-state index is -4.05. The van der Waals surface area contributed by atoms with Crippen molar-refractivity contribution in [2.45, 2.75) is 30.7 Å². The van der Waals surface area contributed by atoms with E-state index >= 15 is 0 Å². The van der Waals surface area contributed by atoms with E-state index in [9.17, 15) is 13.2 Å². The second kappa shape index (κ2) is 13.3. The summed E-state index contributed by atoms with van der Waals surface area (Å²) in [6, 6.07) is 19.5. The maximum Gasteiger partial charge on any atom is 0.246 e. The van der Waals surface area contributed by atoms with Crippen LogP contribution in [0.5, 0.6) is 17.2 Å². The van der Waals surface area contributed by atoms with Crippen molar-refractivity contribution < 1.29 is 27.4 Å². The largest absolute Gasteiger partial charge is 0.495 e. The number of carbonyl (C=O) groups excluding carboxylic acids is 1. The Labute approximate surface area is 251 Å². The molecule has 1 saturated heterocycles. The van der Waals surface area contributed by atoms with Gasteiger partial charge in [0.25, 0.3) is 0 Å². The Hall–Kier alpha value is -2.98. The number of nitrogens with zero attached hydrogens (tertiary/aromatic N) is 2. The van der Waals surface area contributed by atoms with Crippen LogP contribution in [0.25, 0.3) is 0 Å². The summed E-state index contributed by atoms with van der Waals surface area (Å²) < 4.78 is 46.1. The van der Waals surface area contributed by atoms with Crippen molar-refractivity contribution in [2.75, 3.05) is 41.0 Å². The highest BCUT2D eigenvalue weighted by Gasteiger charge is 2.43. The van der Waals surface area contributed by atoms with Crippen molar-refractivity contribution in [3.63, 3.8) is 0 Å². The summed E-state index contributed by atoms with van der Waals surface area (Å²) in [4.78, 5) is 15.2. The molecule has 3 aromatic carbocycles. The molecule has 1 aliphatic heterocycles. The van der Waals surface area contributed by atoms with Crippen LogP contribution >= 0.6 is 23.2 Å². The lowest BCUT2D eigenvalue weighted by molar-refractivity contribution is -0.134. The molecule has 41 heavy (non-hydrogen) atoms. The van der Waals surface area contributed by atoms with E-state index < -0.39 is 15.4 Å². The van der Waals surface area contributed by atoms with Gasteiger partial charge in [0.15, 0.2) is 0 Å². The first-order valence-corrected chi connectivity index (χ1v) is 15.3. The van der Waals surface area contributed by atoms with Crippen molar-refractivity contribution in [3.8, 4) is 17.2 Å². The SMILES string of the molecule is COc1cc(OC)c(S(=O)(=O)N2CCC[C@](COc3ccc(Cl)cc3)(CC(=O)N(C)Cc3ccccc3)C2)cc1Cl. The summed E-state index contributed by atoms with van der Waals surface area (Å²) in [6.07, 6.45) is 1.26. The highest BCUT2D eigenvalue weighted by Crippen LogP contribution is 2.41. The fourth-order valence-corrected chi connectivity index (χ4v) is 7.21. The van der Waals surface area contributed by atoms with Gasteiger partial charge < -0.3 is 19.1 Å². The predicted molar refractivity (Wildman–Crippen MR) is 159 cm³/mol. The standard InChI is InChI=1S/C30H34Cl2N2O6S/c1-33(19-22-8-5-4-6-9-22)29(35)18-30(21-40-24-12-10-23(31)11-13-24)14-7-15-34(20-30)41(36,37)28-16-25(32)26(38-2)17-27(28)39-3/h4-6,8-13,16-17H,7,14-15,18-21H2,1-3H3/t30-/m0/s1. The summed E-state index contributed by atoms with van der Waals surface area (Å²) in [5.41, 5.74) is 0.224. The highest BCUT2D eigenvalue weighted by molar-refractivity contribution is 7.89. The molecule has 11 heteroatoms. The molecule has 220 valence electrons. The fraction of sp³-hybridized carbons (Fsp3) is 0.367. The molecule has 4 rings (SSSR count). The van der Waals surface area contributed by atoms with Crippen LogP contribution in [-0.2, 0) is 21.4 Å². The molecule has 0 saturated carbocycles. The third kappa shape index (κ3) is 7.46. The van der Waals surface area contributed by atoms with Gasteiger partial charge in [-0.3, -0.25) is 4.79 Å². The number of methoxy groups -OCH3 is 2. The smallest absolute Gasteiger partial charge is 0.246 e. The second-order valence-electron chi connectivity index (χ2n) is 10.2. The molecule has 0 bridgehead atoms. The van der Waals surface area contributed by atoms with Gasteiger partial charge in [-0.1, -0.05) is 53.5 Å². The zero-order valence-corrected chi connectivity index (χ0v) is 25.6. The van der Waals surface area contributed by atoms with Crippen molar-refractivity contribution in [2.24, 2.45) is 5.41 Å². The number of hydrogen-bond donors (Lipinski definition) is 0.